The third-order valence-electron chi connectivity index (χ3n) is 3.60. The molecule has 0 aliphatic carbocycles. The van der Waals surface area contributed by atoms with Gasteiger partial charge < -0.3 is 15.4 Å². The van der Waals surface area contributed by atoms with Crippen molar-refractivity contribution >= 4 is 29.9 Å². The van der Waals surface area contributed by atoms with Gasteiger partial charge in [0, 0.05) is 25.6 Å². The van der Waals surface area contributed by atoms with Gasteiger partial charge in [0.15, 0.2) is 5.96 Å². The molecule has 1 aliphatic heterocycles. The van der Waals surface area contributed by atoms with E-state index in [-0.39, 0.29) is 36.4 Å². The van der Waals surface area contributed by atoms with E-state index in [2.05, 4.69) is 15.6 Å². The highest BCUT2D eigenvalue weighted by Crippen LogP contribution is 2.33. The van der Waals surface area contributed by atoms with E-state index in [1.165, 1.54) is 0 Å². The number of hydrogen-bond donors (Lipinski definition) is 2. The van der Waals surface area contributed by atoms with E-state index in [1.807, 2.05) is 31.2 Å². The average Bonchev–Trinajstić information content (AvgIpc) is 2.51. The van der Waals surface area contributed by atoms with Crippen LogP contribution in [0.25, 0.3) is 0 Å². The van der Waals surface area contributed by atoms with Crippen LogP contribution in [0, 0.1) is 0 Å². The van der Waals surface area contributed by atoms with Crippen LogP contribution in [-0.2, 0) is 0 Å². The number of rotatable bonds is 5. The first kappa shape index (κ1) is 20.9. The zero-order valence-electron chi connectivity index (χ0n) is 13.5. The summed E-state index contributed by atoms with van der Waals surface area (Å²) in [6.07, 6.45) is -4.19. The Kier molecular flexibility index (Phi) is 8.65. The Morgan fingerprint density at radius 3 is 2.75 bits per heavy atom. The Hall–Kier alpha value is -1.19. The zero-order valence-corrected chi connectivity index (χ0v) is 15.9. The molecule has 0 aromatic heterocycles. The van der Waals surface area contributed by atoms with Gasteiger partial charge in [-0.05, 0) is 25.0 Å². The maximum absolute atomic E-state index is 12.2. The number of nitrogens with zero attached hydrogens (tertiary/aromatic N) is 1. The van der Waals surface area contributed by atoms with Crippen LogP contribution < -0.4 is 15.4 Å². The summed E-state index contributed by atoms with van der Waals surface area (Å²) in [6.45, 7) is 3.45. The molecule has 136 valence electrons. The molecule has 0 radical (unpaired) electrons. The standard InChI is InChI=1S/C16H22F3N3O.HI/c1-2-20-15(21-9-8-16(17,18)19)22-11-12-7-10-23-14-6-4-3-5-13(12)14;/h3-6,12H,2,7-11H2,1H3,(H2,20,21,22);1H. The summed E-state index contributed by atoms with van der Waals surface area (Å²) in [7, 11) is 0. The zero-order chi connectivity index (χ0) is 16.7. The number of guanidine groups is 1. The van der Waals surface area contributed by atoms with Gasteiger partial charge in [-0.25, -0.2) is 0 Å². The van der Waals surface area contributed by atoms with Crippen LogP contribution in [0.2, 0.25) is 0 Å². The van der Waals surface area contributed by atoms with Crippen molar-refractivity contribution < 1.29 is 17.9 Å². The van der Waals surface area contributed by atoms with Crippen molar-refractivity contribution in [3.63, 3.8) is 0 Å². The number of ether oxygens (including phenoxy) is 1. The van der Waals surface area contributed by atoms with Crippen LogP contribution in [0.4, 0.5) is 13.2 Å². The minimum atomic E-state index is -4.16. The SMILES string of the molecule is CCNC(=NCC1CCOc2ccccc21)NCCC(F)(F)F.I. The molecule has 1 aromatic carbocycles. The molecule has 2 N–H and O–H groups in total. The summed E-state index contributed by atoms with van der Waals surface area (Å²) in [5.41, 5.74) is 1.11. The van der Waals surface area contributed by atoms with Crippen molar-refractivity contribution in [1.29, 1.82) is 0 Å². The lowest BCUT2D eigenvalue weighted by Gasteiger charge is -2.25. The Bertz CT molecular complexity index is 538. The summed E-state index contributed by atoms with van der Waals surface area (Å²) in [5, 5.41) is 5.70. The molecule has 0 fully saturated rings. The molecule has 0 amide bonds. The second-order valence-electron chi connectivity index (χ2n) is 5.38. The molecule has 8 heteroatoms. The van der Waals surface area contributed by atoms with E-state index in [4.69, 9.17) is 4.74 Å². The molecule has 1 unspecified atom stereocenters. The van der Waals surface area contributed by atoms with Gasteiger partial charge in [0.2, 0.25) is 0 Å². The molecule has 2 rings (SSSR count). The molecule has 0 bridgehead atoms. The fraction of sp³-hybridized carbons (Fsp3) is 0.562. The minimum absolute atomic E-state index is 0. The summed E-state index contributed by atoms with van der Waals surface area (Å²) in [6, 6.07) is 7.82. The lowest BCUT2D eigenvalue weighted by Crippen LogP contribution is -2.39. The lowest BCUT2D eigenvalue weighted by molar-refractivity contribution is -0.132. The van der Waals surface area contributed by atoms with E-state index in [1.54, 1.807) is 0 Å². The number of para-hydroxylation sites is 1. The molecule has 1 aromatic rings. The van der Waals surface area contributed by atoms with Crippen molar-refractivity contribution in [2.45, 2.75) is 31.9 Å². The predicted molar refractivity (Wildman–Crippen MR) is 99.4 cm³/mol. The van der Waals surface area contributed by atoms with E-state index >= 15 is 0 Å². The normalized spacial score (nSPS) is 17.3. The first-order valence-corrected chi connectivity index (χ1v) is 7.80. The molecule has 24 heavy (non-hydrogen) atoms. The monoisotopic (exact) mass is 457 g/mol. The quantitative estimate of drug-likeness (QED) is 0.403. The fourth-order valence-corrected chi connectivity index (χ4v) is 2.47. The number of benzene rings is 1. The van der Waals surface area contributed by atoms with Crippen molar-refractivity contribution in [3.8, 4) is 5.75 Å². The summed E-state index contributed by atoms with van der Waals surface area (Å²) < 4.78 is 42.3. The molecule has 1 heterocycles. The first-order valence-electron chi connectivity index (χ1n) is 7.80. The van der Waals surface area contributed by atoms with Gasteiger partial charge in [-0.1, -0.05) is 18.2 Å². The highest BCUT2D eigenvalue weighted by atomic mass is 127. The van der Waals surface area contributed by atoms with Crippen LogP contribution in [-0.4, -0.2) is 38.4 Å². The van der Waals surface area contributed by atoms with E-state index in [0.29, 0.717) is 25.7 Å². The lowest BCUT2D eigenvalue weighted by atomic mass is 9.93. The Morgan fingerprint density at radius 1 is 1.29 bits per heavy atom. The van der Waals surface area contributed by atoms with Crippen molar-refractivity contribution in [3.05, 3.63) is 29.8 Å². The van der Waals surface area contributed by atoms with Crippen molar-refractivity contribution in [2.24, 2.45) is 4.99 Å². The molecule has 0 saturated carbocycles. The minimum Gasteiger partial charge on any atom is -0.493 e. The van der Waals surface area contributed by atoms with Crippen molar-refractivity contribution in [1.82, 2.24) is 10.6 Å². The summed E-state index contributed by atoms with van der Waals surface area (Å²) >= 11 is 0. The molecule has 0 spiro atoms. The number of nitrogens with one attached hydrogen (secondary N) is 2. The first-order chi connectivity index (χ1) is 11.0. The summed E-state index contributed by atoms with van der Waals surface area (Å²) in [4.78, 5) is 4.43. The van der Waals surface area contributed by atoms with Gasteiger partial charge in [-0.3, -0.25) is 4.99 Å². The van der Waals surface area contributed by atoms with Gasteiger partial charge in [-0.15, -0.1) is 24.0 Å². The van der Waals surface area contributed by atoms with Gasteiger partial charge in [0.05, 0.1) is 13.0 Å². The molecule has 1 aliphatic rings. The van der Waals surface area contributed by atoms with Crippen LogP contribution in [0.3, 0.4) is 0 Å². The number of hydrogen-bond acceptors (Lipinski definition) is 2. The van der Waals surface area contributed by atoms with Gasteiger partial charge in [0.25, 0.3) is 0 Å². The maximum Gasteiger partial charge on any atom is 0.390 e. The average molecular weight is 457 g/mol. The largest absolute Gasteiger partial charge is 0.493 e. The highest BCUT2D eigenvalue weighted by Gasteiger charge is 2.26. The summed E-state index contributed by atoms with van der Waals surface area (Å²) in [5.74, 6) is 1.51. The van der Waals surface area contributed by atoms with Gasteiger partial charge >= 0.3 is 6.18 Å². The molecular formula is C16H23F3IN3O. The third kappa shape index (κ3) is 6.74. The number of aliphatic imine (C=N–C) groups is 1. The van der Waals surface area contributed by atoms with E-state index in [0.717, 1.165) is 17.7 Å². The van der Waals surface area contributed by atoms with E-state index < -0.39 is 12.6 Å². The van der Waals surface area contributed by atoms with Crippen LogP contribution in [0.15, 0.2) is 29.3 Å². The molecular weight excluding hydrogens is 434 g/mol. The smallest absolute Gasteiger partial charge is 0.390 e. The Morgan fingerprint density at radius 2 is 2.04 bits per heavy atom. The number of alkyl halides is 3. The molecule has 4 nitrogen and oxygen atoms in total. The van der Waals surface area contributed by atoms with Crippen LogP contribution >= 0.6 is 24.0 Å². The fourth-order valence-electron chi connectivity index (χ4n) is 2.47. The molecule has 1 atom stereocenters. The third-order valence-corrected chi connectivity index (χ3v) is 3.60. The topological polar surface area (TPSA) is 45.7 Å². The Labute approximate surface area is 157 Å². The number of halogens is 4. The Balaban J connectivity index is 0.00000288. The van der Waals surface area contributed by atoms with Crippen LogP contribution in [0.5, 0.6) is 5.75 Å². The van der Waals surface area contributed by atoms with Gasteiger partial charge in [-0.2, -0.15) is 13.2 Å². The number of fused-ring (bicyclic) bond motifs is 1. The molecule has 0 saturated heterocycles. The second kappa shape index (κ2) is 9.95. The predicted octanol–water partition coefficient (Wildman–Crippen LogP) is 3.68. The van der Waals surface area contributed by atoms with E-state index in [9.17, 15) is 13.2 Å². The van der Waals surface area contributed by atoms with Crippen LogP contribution in [0.1, 0.15) is 31.2 Å². The van der Waals surface area contributed by atoms with Crippen molar-refractivity contribution in [2.75, 3.05) is 26.2 Å². The second-order valence-corrected chi connectivity index (χ2v) is 5.38. The van der Waals surface area contributed by atoms with Gasteiger partial charge in [0.1, 0.15) is 5.75 Å². The highest BCUT2D eigenvalue weighted by molar-refractivity contribution is 14.0. The maximum atomic E-state index is 12.2.